The molecule has 2 aliphatic heterocycles. The minimum absolute atomic E-state index is 0.00556. The Morgan fingerprint density at radius 3 is 0.714 bits per heavy atom. The van der Waals surface area contributed by atoms with Crippen molar-refractivity contribution in [2.45, 2.75) is 177 Å². The number of rotatable bonds is 3. The number of nitrogens with zero attached hydrogens (tertiary/aromatic N) is 3. The van der Waals surface area contributed by atoms with Gasteiger partial charge in [-0.1, -0.05) is 244 Å². The third kappa shape index (κ3) is 8.76. The number of benzene rings is 9. The van der Waals surface area contributed by atoms with E-state index in [1.54, 1.807) is 0 Å². The fourth-order valence-corrected chi connectivity index (χ4v) is 16.1. The lowest BCUT2D eigenvalue weighted by Gasteiger charge is -2.34. The van der Waals surface area contributed by atoms with Crippen LogP contribution in [0.3, 0.4) is 0 Å². The van der Waals surface area contributed by atoms with E-state index in [1.807, 2.05) is 23.5 Å². The van der Waals surface area contributed by atoms with E-state index in [0.29, 0.717) is 0 Å². The van der Waals surface area contributed by atoms with Crippen LogP contribution in [0.25, 0.3) is 82.5 Å². The molecular weight excluding hydrogens is 1050 g/mol. The van der Waals surface area contributed by atoms with Crippen molar-refractivity contribution >= 4 is 112 Å². The van der Waals surface area contributed by atoms with E-state index in [9.17, 15) is 0 Å². The van der Waals surface area contributed by atoms with Gasteiger partial charge in [0.25, 0.3) is 0 Å². The smallest absolute Gasteiger partial charge is 0.247 e. The van der Waals surface area contributed by atoms with Crippen LogP contribution in [0.1, 0.15) is 158 Å². The molecule has 0 N–H and O–H groups in total. The van der Waals surface area contributed by atoms with Crippen LogP contribution in [0.15, 0.2) is 177 Å². The highest BCUT2D eigenvalue weighted by molar-refractivity contribution is 8.01. The second-order valence-corrected chi connectivity index (χ2v) is 33.0. The largest absolute Gasteiger partial charge is 0.309 e. The highest BCUT2D eigenvalue weighted by Gasteiger charge is 2.40. The van der Waals surface area contributed by atoms with Gasteiger partial charge in [-0.3, -0.25) is 0 Å². The summed E-state index contributed by atoms with van der Waals surface area (Å²) in [6, 6.07) is 63.2. The van der Waals surface area contributed by atoms with Gasteiger partial charge >= 0.3 is 0 Å². The van der Waals surface area contributed by atoms with Gasteiger partial charge in [0.1, 0.15) is 0 Å². The van der Waals surface area contributed by atoms with Gasteiger partial charge in [-0.15, -0.1) is 0 Å². The Hall–Kier alpha value is -6.86. The summed E-state index contributed by atoms with van der Waals surface area (Å²) in [7, 11) is 0. The van der Waals surface area contributed by atoms with Crippen molar-refractivity contribution in [2.24, 2.45) is 0 Å². The maximum Gasteiger partial charge on any atom is 0.247 e. The summed E-state index contributed by atoms with van der Waals surface area (Å²) in [4.78, 5) is 5.27. The van der Waals surface area contributed by atoms with Crippen LogP contribution >= 0.6 is 23.5 Å². The first-order chi connectivity index (χ1) is 39.4. The lowest BCUT2D eigenvalue weighted by molar-refractivity contribution is 0.590. The lowest BCUT2D eigenvalue weighted by atomic mass is 9.36. The molecule has 0 bridgehead atoms. The van der Waals surface area contributed by atoms with Crippen molar-refractivity contribution in [1.29, 1.82) is 0 Å². The maximum absolute atomic E-state index is 2.61. The summed E-state index contributed by atoms with van der Waals surface area (Å²) in [5.74, 6) is 0. The molecule has 0 atom stereocenters. The fraction of sp³-hybridized carbons (Fsp3) is 0.308. The molecule has 422 valence electrons. The first kappa shape index (κ1) is 55.0. The van der Waals surface area contributed by atoms with Crippen LogP contribution in [0.4, 0.5) is 0 Å². The Balaban J connectivity index is 1.04. The molecule has 0 radical (unpaired) electrons. The van der Waals surface area contributed by atoms with E-state index in [1.165, 1.54) is 152 Å². The zero-order valence-electron chi connectivity index (χ0n) is 52.7. The average molecular weight is 1130 g/mol. The molecule has 84 heavy (non-hydrogen) atoms. The maximum atomic E-state index is 2.61. The Morgan fingerprint density at radius 2 is 0.476 bits per heavy atom. The second kappa shape index (κ2) is 18.3. The molecule has 6 heteroatoms. The van der Waals surface area contributed by atoms with Crippen molar-refractivity contribution < 1.29 is 0 Å². The number of hydrogen-bond acceptors (Lipinski definition) is 2. The molecule has 0 spiro atoms. The first-order valence-corrected chi connectivity index (χ1v) is 32.1. The monoisotopic (exact) mass is 1130 g/mol. The summed E-state index contributed by atoms with van der Waals surface area (Å²) in [5.41, 5.74) is 23.3. The number of aromatic nitrogens is 3. The zero-order valence-corrected chi connectivity index (χ0v) is 54.4. The van der Waals surface area contributed by atoms with E-state index in [0.717, 1.165) is 0 Å². The van der Waals surface area contributed by atoms with E-state index in [-0.39, 0.29) is 39.2 Å². The predicted molar refractivity (Wildman–Crippen MR) is 367 cm³/mol. The second-order valence-electron chi connectivity index (χ2n) is 30.8. The molecule has 5 heterocycles. The van der Waals surface area contributed by atoms with Gasteiger partial charge in [0.2, 0.25) is 6.71 Å². The van der Waals surface area contributed by atoms with Crippen LogP contribution in [0.5, 0.6) is 0 Å². The first-order valence-electron chi connectivity index (χ1n) is 30.5. The van der Waals surface area contributed by atoms with Gasteiger partial charge in [0.05, 0.1) is 33.1 Å². The van der Waals surface area contributed by atoms with Gasteiger partial charge < -0.3 is 13.7 Å². The minimum Gasteiger partial charge on any atom is -0.309 e. The molecule has 0 unspecified atom stereocenters. The van der Waals surface area contributed by atoms with Crippen LogP contribution in [-0.4, -0.2) is 20.4 Å². The van der Waals surface area contributed by atoms with Gasteiger partial charge in [0.15, 0.2) is 0 Å². The fourth-order valence-electron chi connectivity index (χ4n) is 13.6. The normalized spacial score (nSPS) is 14.2. The molecule has 14 rings (SSSR count). The average Bonchev–Trinajstić information content (AvgIpc) is 1.67. The van der Waals surface area contributed by atoms with Crippen molar-refractivity contribution in [3.05, 3.63) is 191 Å². The Morgan fingerprint density at radius 1 is 0.250 bits per heavy atom. The van der Waals surface area contributed by atoms with E-state index < -0.39 is 0 Å². The van der Waals surface area contributed by atoms with E-state index in [2.05, 4.69) is 296 Å². The number of fused-ring (bicyclic) bond motifs is 13. The summed E-state index contributed by atoms with van der Waals surface area (Å²) in [5, 5.41) is 7.75. The minimum atomic E-state index is -0.0202. The van der Waals surface area contributed by atoms with Crippen LogP contribution < -0.4 is 16.4 Å². The lowest BCUT2D eigenvalue weighted by Crippen LogP contribution is -2.58. The molecule has 0 aliphatic carbocycles. The summed E-state index contributed by atoms with van der Waals surface area (Å²) in [6.07, 6.45) is 0. The standard InChI is InChI=1S/C78H80BN3S2/c1-73(2,3)45-19-27-54-55-28-20-46(74(4,5)6)36-63(55)80(62(54)35-45)51-25-33-60-68(41-51)83-70-43-53(82-66-39-49(77(13,14)15)23-31-58(66)59-32-24-50(40-67(59)82)78(16,17)18)44-71-72(70)79(60)61-34-26-52(42-69(61)84-71)81-64-37-47(75(7,8)9)21-29-56(64)57-30-22-48(38-65(57)81)76(10,11)12/h19-44H,1-18H3. The zero-order chi connectivity index (χ0) is 59.3. The van der Waals surface area contributed by atoms with Crippen LogP contribution in [0.2, 0.25) is 0 Å². The molecule has 3 nitrogen and oxygen atoms in total. The Kier molecular flexibility index (Phi) is 12.0. The van der Waals surface area contributed by atoms with Gasteiger partial charge in [-0.05, 0) is 144 Å². The number of hydrogen-bond donors (Lipinski definition) is 0. The van der Waals surface area contributed by atoms with Crippen molar-refractivity contribution in [3.8, 4) is 17.1 Å². The van der Waals surface area contributed by atoms with Crippen molar-refractivity contribution in [3.63, 3.8) is 0 Å². The van der Waals surface area contributed by atoms with E-state index in [4.69, 9.17) is 0 Å². The van der Waals surface area contributed by atoms with Gasteiger partial charge in [-0.25, -0.2) is 0 Å². The summed E-state index contributed by atoms with van der Waals surface area (Å²) < 4.78 is 7.75. The van der Waals surface area contributed by atoms with Gasteiger partial charge in [0, 0.05) is 69.0 Å². The molecule has 0 saturated carbocycles. The molecule has 0 saturated heterocycles. The Labute approximate surface area is 507 Å². The highest BCUT2D eigenvalue weighted by Crippen LogP contribution is 2.46. The van der Waals surface area contributed by atoms with Gasteiger partial charge in [-0.2, -0.15) is 0 Å². The molecule has 2 aliphatic rings. The molecule has 12 aromatic rings. The Bertz CT molecular complexity index is 4340. The molecular formula is C78H80BN3S2. The van der Waals surface area contributed by atoms with Crippen LogP contribution in [-0.2, 0) is 32.5 Å². The molecule has 0 fully saturated rings. The molecule has 0 amide bonds. The topological polar surface area (TPSA) is 14.8 Å². The summed E-state index contributed by atoms with van der Waals surface area (Å²) in [6.45, 7) is 42.1. The quantitative estimate of drug-likeness (QED) is 0.164. The predicted octanol–water partition coefficient (Wildman–Crippen LogP) is 20.2. The van der Waals surface area contributed by atoms with E-state index >= 15 is 0 Å². The third-order valence-corrected chi connectivity index (χ3v) is 21.0. The summed E-state index contributed by atoms with van der Waals surface area (Å²) >= 11 is 3.93. The van der Waals surface area contributed by atoms with Crippen molar-refractivity contribution in [1.82, 2.24) is 13.7 Å². The molecule has 3 aromatic heterocycles. The molecule has 9 aromatic carbocycles. The third-order valence-electron chi connectivity index (χ3n) is 18.7. The van der Waals surface area contributed by atoms with Crippen molar-refractivity contribution in [2.75, 3.05) is 0 Å². The SMILES string of the molecule is CC(C)(C)c1ccc2c3ccc(C(C)(C)C)cc3n(-c3ccc4c(c3)Sc3cc(-n5c6cc(C(C)(C)C)ccc6c6ccc(C(C)(C)C)cc65)cc5c3B4c3ccc(-n4c6cc(C(C)(C)C)ccc6c6ccc(C(C)(C)C)cc64)cc3S5)c2c1. The van der Waals surface area contributed by atoms with Crippen LogP contribution in [0, 0.1) is 0 Å². The highest BCUT2D eigenvalue weighted by atomic mass is 32.2.